The topological polar surface area (TPSA) is 293 Å². The van der Waals surface area contributed by atoms with Gasteiger partial charge in [-0.05, 0) is 100 Å². The molecule has 9 fully saturated rings. The fourth-order valence-corrected chi connectivity index (χ4v) is 39.0. The van der Waals surface area contributed by atoms with Crippen LogP contribution in [-0.2, 0) is 50.9 Å². The standard InChI is InChI=1S/C37H41N6O4PSi.2C33H43N4O5PSi/c1-3-30-31(22-33(45-30)42-25-40-34-35(38-24-39-36(34)42)41-37(44)26-14-7-4-8-15-26)46-48-43-21-13-20-29(43)32(47-48)23-49(2,27-16-9-5-10-17-27)28-18-11-6-12-19-28;2*1-5-27-28(21-31(40-27)36-20-18-30(35-33(36)39)34-32(38)23(2)3)41-43-37-19-12-17-26(37)29(42-43)22-44(4,24-13-8-6-9-14-24)25-15-10-7-11-16-25/h4-12,14-19,24-25,29-33H,3,13,20-23H2,1-2H3,(H,38,39,41,44);2*6-11,13-16,18,20,23,26-29,31H,5,12,17,19,21-22H2,1-4H3,(H,34,35,38,39)/t29-,30+,31?,32+,33+,48+;26-,27+,28?,29+,31+,43+;26-,27-,28?,29+,31-,43-/m001/s1. The molecule has 20 rings (SSSR count). The van der Waals surface area contributed by atoms with E-state index in [1.807, 2.05) is 22.8 Å². The van der Waals surface area contributed by atoms with Crippen LogP contribution in [0.5, 0.6) is 0 Å². The number of rotatable bonds is 30. The summed E-state index contributed by atoms with van der Waals surface area (Å²) in [6.45, 7) is 23.8. The van der Waals surface area contributed by atoms with E-state index in [0.717, 1.165) is 95.6 Å². The van der Waals surface area contributed by atoms with Crippen LogP contribution in [0.4, 0.5) is 17.5 Å². The van der Waals surface area contributed by atoms with Gasteiger partial charge in [0.15, 0.2) is 17.0 Å². The number of hydrogen-bond donors (Lipinski definition) is 3. The molecule has 0 bridgehead atoms. The molecule has 0 spiro atoms. The Morgan fingerprint density at radius 1 is 0.409 bits per heavy atom. The number of hydrogen-bond acceptors (Lipinski definition) is 22. The number of ether oxygens (including phenoxy) is 3. The quantitative estimate of drug-likeness (QED) is 0.0278. The van der Waals surface area contributed by atoms with Crippen LogP contribution in [0.3, 0.4) is 0 Å². The van der Waals surface area contributed by atoms with E-state index in [1.54, 1.807) is 70.7 Å². The van der Waals surface area contributed by atoms with Crippen LogP contribution in [0.15, 0.2) is 259 Å². The van der Waals surface area contributed by atoms with Crippen molar-refractivity contribution < 1.29 is 55.7 Å². The lowest BCUT2D eigenvalue weighted by Gasteiger charge is -2.32. The molecular weight excluding hydrogens is 1830 g/mol. The Kier molecular flexibility index (Phi) is 31.3. The molecule has 18 atom stereocenters. The molecule has 34 heteroatoms. The first-order valence-electron chi connectivity index (χ1n) is 48.9. The highest BCUT2D eigenvalue weighted by atomic mass is 31.2. The largest absolute Gasteiger partial charge is 0.352 e. The second-order valence-corrected chi connectivity index (χ2v) is 55.4. The summed E-state index contributed by atoms with van der Waals surface area (Å²) in [6.07, 6.45) is 15.4. The lowest BCUT2D eigenvalue weighted by atomic mass is 10.1. The summed E-state index contributed by atoms with van der Waals surface area (Å²) in [4.78, 5) is 84.5. The van der Waals surface area contributed by atoms with Crippen LogP contribution >= 0.6 is 25.6 Å². The molecule has 7 aromatic carbocycles. The Labute approximate surface area is 809 Å². The van der Waals surface area contributed by atoms with E-state index in [0.29, 0.717) is 59.9 Å². The zero-order valence-corrected chi connectivity index (χ0v) is 85.4. The van der Waals surface area contributed by atoms with Crippen molar-refractivity contribution in [3.05, 3.63) is 276 Å². The third-order valence-electron chi connectivity index (χ3n) is 28.9. The fraction of sp³-hybridized carbons (Fsp3) is 0.437. The highest BCUT2D eigenvalue weighted by Crippen LogP contribution is 2.62. The summed E-state index contributed by atoms with van der Waals surface area (Å²) < 4.78 is 73.0. The van der Waals surface area contributed by atoms with Gasteiger partial charge in [0, 0.05) is 86.8 Å². The van der Waals surface area contributed by atoms with Crippen molar-refractivity contribution in [1.82, 2.24) is 52.6 Å². The van der Waals surface area contributed by atoms with Crippen LogP contribution in [0, 0.1) is 11.8 Å². The lowest BCUT2D eigenvalue weighted by molar-refractivity contribution is -0.119. The Morgan fingerprint density at radius 2 is 0.723 bits per heavy atom. The number of nitrogens with zero attached hydrogens (tertiary/aromatic N) is 11. The summed E-state index contributed by atoms with van der Waals surface area (Å²) in [5.74, 6) is -0.161. The molecule has 3 amide bonds. The number of anilines is 3. The molecule has 3 unspecified atom stereocenters. The molecule has 11 aromatic rings. The lowest BCUT2D eigenvalue weighted by Crippen LogP contribution is -2.58. The van der Waals surface area contributed by atoms with Gasteiger partial charge >= 0.3 is 11.4 Å². The van der Waals surface area contributed by atoms with E-state index in [-0.39, 0.29) is 102 Å². The van der Waals surface area contributed by atoms with E-state index in [9.17, 15) is 24.0 Å². The summed E-state index contributed by atoms with van der Waals surface area (Å²) in [5.41, 5.74) is 0.751. The van der Waals surface area contributed by atoms with Crippen molar-refractivity contribution in [3.8, 4) is 0 Å². The number of imidazole rings is 1. The minimum atomic E-state index is -2.10. The Balaban J connectivity index is 0.000000137. The minimum Gasteiger partial charge on any atom is -0.352 e. The molecule has 137 heavy (non-hydrogen) atoms. The first-order valence-corrected chi connectivity index (χ1v) is 60.4. The van der Waals surface area contributed by atoms with E-state index in [1.165, 1.54) is 46.6 Å². The van der Waals surface area contributed by atoms with Crippen LogP contribution < -0.4 is 58.5 Å². The van der Waals surface area contributed by atoms with Gasteiger partial charge in [0.25, 0.3) is 31.5 Å². The smallest absolute Gasteiger partial charge is 0.351 e. The molecule has 0 radical (unpaired) electrons. The molecule has 4 aromatic heterocycles. The number of amides is 3. The van der Waals surface area contributed by atoms with Crippen molar-refractivity contribution in [2.24, 2.45) is 11.8 Å². The maximum absolute atomic E-state index is 12.9. The van der Waals surface area contributed by atoms with Gasteiger partial charge in [-0.15, -0.1) is 0 Å². The van der Waals surface area contributed by atoms with Gasteiger partial charge in [-0.3, -0.25) is 28.1 Å². The van der Waals surface area contributed by atoms with Gasteiger partial charge in [0.2, 0.25) is 11.8 Å². The second kappa shape index (κ2) is 43.8. The normalized spacial score (nSPS) is 26.5. The summed E-state index contributed by atoms with van der Waals surface area (Å²) in [5, 5.41) is 16.8. The molecule has 3 N–H and O–H groups in total. The molecule has 13 heterocycles. The molecule has 0 saturated carbocycles. The maximum Gasteiger partial charge on any atom is 0.351 e. The highest BCUT2D eigenvalue weighted by molar-refractivity contribution is 7.45. The monoisotopic (exact) mass is 1960 g/mol. The Bertz CT molecular complexity index is 5690. The summed E-state index contributed by atoms with van der Waals surface area (Å²) in [7, 11) is -10.0. The highest BCUT2D eigenvalue weighted by Gasteiger charge is 2.56. The van der Waals surface area contributed by atoms with Crippen molar-refractivity contribution in [3.63, 3.8) is 0 Å². The van der Waals surface area contributed by atoms with Gasteiger partial charge in [-0.1, -0.05) is 299 Å². The van der Waals surface area contributed by atoms with Gasteiger partial charge < -0.3 is 57.3 Å². The van der Waals surface area contributed by atoms with Gasteiger partial charge in [-0.25, -0.2) is 38.6 Å². The number of fused-ring (bicyclic) bond motifs is 4. The van der Waals surface area contributed by atoms with Crippen molar-refractivity contribution in [2.75, 3.05) is 35.6 Å². The van der Waals surface area contributed by atoms with Crippen molar-refractivity contribution in [1.29, 1.82) is 0 Å². The average molecular weight is 1960 g/mol. The van der Waals surface area contributed by atoms with E-state index >= 15 is 0 Å². The van der Waals surface area contributed by atoms with Gasteiger partial charge in [-0.2, -0.15) is 9.97 Å². The number of nitrogens with one attached hydrogen (secondary N) is 3. The number of carbonyl (C=O) groups excluding carboxylic acids is 3. The SMILES string of the molecule is CC[C@H]1O[C@@H](n2ccc(NC(=O)C(C)C)nc2=O)CC1O[P@]1O[C@@H](C[Si](C)(c2ccccc2)c2ccccc2)[C@H]2CCCN21.CC[C@H]1O[C@@H](n2ccc(NC(=O)C(C)C)nc2=O)CC1O[P@]1O[C@H](C[Si](C)(c2ccccc2)c2ccccc2)[C@@H]2CCCN21.CC[C@H]1O[C@@H](n2cnc3c(NC(=O)c4ccccc4)ncnc32)CC1O[P@]1O[C@H](C[Si](C)(c2ccccc2)c2ccccc2)[C@@H]2CCCN21. The number of benzene rings is 7. The fourth-order valence-electron chi connectivity index (χ4n) is 21.1. The first kappa shape index (κ1) is 97.9. The first-order chi connectivity index (χ1) is 66.5. The average Bonchev–Trinajstić information content (AvgIpc) is 1.64. The summed E-state index contributed by atoms with van der Waals surface area (Å²) >= 11 is 0. The Hall–Kier alpha value is -9.28. The van der Waals surface area contributed by atoms with Crippen LogP contribution in [0.25, 0.3) is 11.2 Å². The third kappa shape index (κ3) is 21.5. The zero-order valence-electron chi connectivity index (χ0n) is 79.7. The van der Waals surface area contributed by atoms with Crippen LogP contribution in [-0.4, -0.2) is 187 Å². The molecule has 9 aliphatic heterocycles. The Morgan fingerprint density at radius 3 is 1.03 bits per heavy atom. The molecule has 720 valence electrons. The molecule has 28 nitrogen and oxygen atoms in total. The maximum atomic E-state index is 12.9. The zero-order chi connectivity index (χ0) is 95.1. The van der Waals surface area contributed by atoms with Gasteiger partial charge in [0.05, 0.1) is 61.3 Å². The molecule has 9 saturated heterocycles. The number of aromatic nitrogens is 8. The van der Waals surface area contributed by atoms with Crippen LogP contribution in [0.2, 0.25) is 37.8 Å². The van der Waals surface area contributed by atoms with Crippen molar-refractivity contribution >= 4 is 127 Å². The van der Waals surface area contributed by atoms with E-state index in [4.69, 9.17) is 41.4 Å². The van der Waals surface area contributed by atoms with Crippen molar-refractivity contribution in [2.45, 2.75) is 255 Å². The minimum absolute atomic E-state index is 0.0963. The second-order valence-electron chi connectivity index (χ2n) is 38.5. The number of carbonyl (C=O) groups is 3. The van der Waals surface area contributed by atoms with Gasteiger partial charge in [0.1, 0.15) is 60.9 Å². The molecule has 9 aliphatic rings. The molecule has 0 aliphatic carbocycles. The van der Waals surface area contributed by atoms with E-state index in [2.05, 4.69) is 277 Å². The predicted octanol–water partition coefficient (Wildman–Crippen LogP) is 16.0. The third-order valence-corrected chi connectivity index (χ3v) is 47.6. The molecular formula is C103H127N14O14P3Si3. The predicted molar refractivity (Wildman–Crippen MR) is 545 cm³/mol. The van der Waals surface area contributed by atoms with E-state index < -0.39 is 73.6 Å². The summed E-state index contributed by atoms with van der Waals surface area (Å²) in [6, 6.07) is 82.2. The van der Waals surface area contributed by atoms with Crippen LogP contribution in [0.1, 0.15) is 155 Å².